The Kier molecular flexibility index (Phi) is 4.72. The molecule has 1 heterocycles. The first-order chi connectivity index (χ1) is 11.9. The van der Waals surface area contributed by atoms with Crippen LogP contribution in [0.1, 0.15) is 34.8 Å². The number of anilines is 1. The molecule has 130 valence electrons. The molecule has 1 amide bonds. The quantitative estimate of drug-likeness (QED) is 0.785. The number of aromatic hydroxyl groups is 1. The van der Waals surface area contributed by atoms with Crippen LogP contribution in [0.2, 0.25) is 0 Å². The highest BCUT2D eigenvalue weighted by Crippen LogP contribution is 2.36. The smallest absolute Gasteiger partial charge is 0.259 e. The summed E-state index contributed by atoms with van der Waals surface area (Å²) in [5, 5.41) is 13.4. The first-order valence-electron chi connectivity index (χ1n) is 8.07. The molecule has 4 N–H and O–H groups in total. The van der Waals surface area contributed by atoms with E-state index in [0.29, 0.717) is 10.9 Å². The van der Waals surface area contributed by atoms with Crippen LogP contribution in [-0.4, -0.2) is 21.9 Å². The summed E-state index contributed by atoms with van der Waals surface area (Å²) in [4.78, 5) is 17.0. The number of aryl methyl sites for hydroxylation is 1. The van der Waals surface area contributed by atoms with E-state index in [0.717, 1.165) is 23.3 Å². The summed E-state index contributed by atoms with van der Waals surface area (Å²) in [7, 11) is 0. The van der Waals surface area contributed by atoms with Gasteiger partial charge in [-0.2, -0.15) is 0 Å². The lowest BCUT2D eigenvalue weighted by molar-refractivity contribution is 0.102. The first kappa shape index (κ1) is 17.4. The Labute approximate surface area is 151 Å². The predicted octanol–water partition coefficient (Wildman–Crippen LogP) is 3.62. The molecule has 1 aliphatic heterocycles. The summed E-state index contributed by atoms with van der Waals surface area (Å²) in [6.45, 7) is 3.91. The summed E-state index contributed by atoms with van der Waals surface area (Å²) < 4.78 is 0. The molecule has 0 fully saturated rings. The van der Waals surface area contributed by atoms with Gasteiger partial charge in [-0.3, -0.25) is 9.79 Å². The molecule has 3 rings (SSSR count). The minimum absolute atomic E-state index is 0.0257. The number of thioether (sulfide) groups is 1. The fourth-order valence-corrected chi connectivity index (χ4v) is 3.83. The highest BCUT2D eigenvalue weighted by atomic mass is 32.2. The number of phenolic OH excluding ortho intramolecular Hbond substituents is 1. The van der Waals surface area contributed by atoms with Gasteiger partial charge in [0, 0.05) is 11.4 Å². The number of rotatable bonds is 3. The van der Waals surface area contributed by atoms with Crippen molar-refractivity contribution in [2.45, 2.75) is 25.8 Å². The second-order valence-electron chi connectivity index (χ2n) is 6.38. The van der Waals surface area contributed by atoms with Crippen LogP contribution >= 0.6 is 11.8 Å². The Bertz CT molecular complexity index is 850. The Morgan fingerprint density at radius 1 is 1.32 bits per heavy atom. The zero-order valence-corrected chi connectivity index (χ0v) is 15.1. The molecule has 1 atom stereocenters. The summed E-state index contributed by atoms with van der Waals surface area (Å²) in [5.41, 5.74) is 8.31. The van der Waals surface area contributed by atoms with Crippen LogP contribution in [0, 0.1) is 6.92 Å². The zero-order valence-electron chi connectivity index (χ0n) is 14.2. The summed E-state index contributed by atoms with van der Waals surface area (Å²) in [6, 6.07) is 12.6. The number of phenols is 1. The fourth-order valence-electron chi connectivity index (χ4n) is 2.86. The van der Waals surface area contributed by atoms with Crippen molar-refractivity contribution in [1.82, 2.24) is 0 Å². The van der Waals surface area contributed by atoms with Crippen molar-refractivity contribution in [3.05, 3.63) is 59.2 Å². The molecule has 0 aromatic heterocycles. The molecule has 0 spiro atoms. The lowest BCUT2D eigenvalue weighted by Gasteiger charge is -2.30. The number of carbonyl (C=O) groups excluding carboxylic acids is 1. The molecule has 0 radical (unpaired) electrons. The van der Waals surface area contributed by atoms with Crippen LogP contribution in [0.3, 0.4) is 0 Å². The topological polar surface area (TPSA) is 87.7 Å². The van der Waals surface area contributed by atoms with Crippen molar-refractivity contribution >= 4 is 28.5 Å². The van der Waals surface area contributed by atoms with Gasteiger partial charge in [0.1, 0.15) is 5.75 Å². The minimum atomic E-state index is -0.387. The molecular formula is C19H21N3O2S. The lowest BCUT2D eigenvalue weighted by atomic mass is 9.89. The average molecular weight is 355 g/mol. The lowest BCUT2D eigenvalue weighted by Crippen LogP contribution is -2.28. The van der Waals surface area contributed by atoms with Gasteiger partial charge < -0.3 is 16.2 Å². The van der Waals surface area contributed by atoms with E-state index in [-0.39, 0.29) is 22.8 Å². The third-order valence-corrected chi connectivity index (χ3v) is 5.13. The molecule has 0 aliphatic carbocycles. The molecule has 1 aliphatic rings. The van der Waals surface area contributed by atoms with E-state index in [4.69, 9.17) is 5.73 Å². The molecule has 0 bridgehead atoms. The number of carbonyl (C=O) groups is 1. The number of aliphatic imine (C=N–C) groups is 1. The van der Waals surface area contributed by atoms with Gasteiger partial charge in [0.05, 0.1) is 11.1 Å². The van der Waals surface area contributed by atoms with E-state index in [2.05, 4.69) is 10.3 Å². The van der Waals surface area contributed by atoms with Crippen molar-refractivity contribution in [2.75, 3.05) is 11.1 Å². The molecule has 0 saturated heterocycles. The van der Waals surface area contributed by atoms with Crippen molar-refractivity contribution in [3.63, 3.8) is 0 Å². The van der Waals surface area contributed by atoms with Crippen molar-refractivity contribution in [3.8, 4) is 5.75 Å². The number of nitrogens with zero attached hydrogens (tertiary/aromatic N) is 1. The minimum Gasteiger partial charge on any atom is -0.507 e. The summed E-state index contributed by atoms with van der Waals surface area (Å²) in [5.74, 6) is 0.545. The van der Waals surface area contributed by atoms with E-state index < -0.39 is 0 Å². The Morgan fingerprint density at radius 2 is 2.12 bits per heavy atom. The SMILES string of the molecule is Cc1ccc(C(=O)Nc2cccc(C3(C)CCSC(N)=N3)c2)c(O)c1. The number of nitrogens with two attached hydrogens (primary N) is 1. The second kappa shape index (κ2) is 6.80. The number of hydrogen-bond acceptors (Lipinski definition) is 5. The van der Waals surface area contributed by atoms with Crippen LogP contribution in [0.25, 0.3) is 0 Å². The van der Waals surface area contributed by atoms with Gasteiger partial charge in [0.2, 0.25) is 0 Å². The summed E-state index contributed by atoms with van der Waals surface area (Å²) >= 11 is 1.56. The Hall–Kier alpha value is -2.47. The van der Waals surface area contributed by atoms with Gasteiger partial charge in [-0.15, -0.1) is 0 Å². The maximum absolute atomic E-state index is 12.4. The Balaban J connectivity index is 1.85. The van der Waals surface area contributed by atoms with E-state index in [1.165, 1.54) is 0 Å². The molecule has 0 saturated carbocycles. The molecule has 25 heavy (non-hydrogen) atoms. The van der Waals surface area contributed by atoms with E-state index in [9.17, 15) is 9.90 Å². The maximum Gasteiger partial charge on any atom is 0.259 e. The fraction of sp³-hybridized carbons (Fsp3) is 0.263. The third-order valence-electron chi connectivity index (χ3n) is 4.34. The van der Waals surface area contributed by atoms with Crippen molar-refractivity contribution in [2.24, 2.45) is 10.7 Å². The summed E-state index contributed by atoms with van der Waals surface area (Å²) in [6.07, 6.45) is 0.883. The van der Waals surface area contributed by atoms with Gasteiger partial charge in [0.25, 0.3) is 5.91 Å². The maximum atomic E-state index is 12.4. The standard InChI is InChI=1S/C19H21N3O2S/c1-12-6-7-15(16(23)10-12)17(24)21-14-5-3-4-13(11-14)19(2)8-9-25-18(20)22-19/h3-7,10-11,23H,8-9H2,1-2H3,(H2,20,22)(H,21,24). The number of hydrogen-bond donors (Lipinski definition) is 3. The molecular weight excluding hydrogens is 334 g/mol. The number of amides is 1. The molecule has 5 nitrogen and oxygen atoms in total. The van der Waals surface area contributed by atoms with Gasteiger partial charge >= 0.3 is 0 Å². The number of benzene rings is 2. The van der Waals surface area contributed by atoms with Crippen LogP contribution in [-0.2, 0) is 5.54 Å². The molecule has 1 unspecified atom stereocenters. The second-order valence-corrected chi connectivity index (χ2v) is 7.49. The van der Waals surface area contributed by atoms with Gasteiger partial charge in [-0.25, -0.2) is 0 Å². The third kappa shape index (κ3) is 3.79. The molecule has 2 aromatic rings. The number of amidine groups is 1. The van der Waals surface area contributed by atoms with Gasteiger partial charge in [-0.1, -0.05) is 30.0 Å². The van der Waals surface area contributed by atoms with Crippen molar-refractivity contribution < 1.29 is 9.90 Å². The average Bonchev–Trinajstić information content (AvgIpc) is 2.54. The molecule has 6 heteroatoms. The Morgan fingerprint density at radius 3 is 2.84 bits per heavy atom. The largest absolute Gasteiger partial charge is 0.507 e. The van der Waals surface area contributed by atoms with E-state index in [1.54, 1.807) is 30.0 Å². The van der Waals surface area contributed by atoms with E-state index >= 15 is 0 Å². The number of nitrogens with one attached hydrogen (secondary N) is 1. The highest BCUT2D eigenvalue weighted by molar-refractivity contribution is 8.13. The van der Waals surface area contributed by atoms with Gasteiger partial charge in [-0.05, 0) is 55.7 Å². The van der Waals surface area contributed by atoms with Crippen LogP contribution in [0.4, 0.5) is 5.69 Å². The van der Waals surface area contributed by atoms with Gasteiger partial charge in [0.15, 0.2) is 5.17 Å². The molecule has 2 aromatic carbocycles. The monoisotopic (exact) mass is 355 g/mol. The highest BCUT2D eigenvalue weighted by Gasteiger charge is 2.29. The first-order valence-corrected chi connectivity index (χ1v) is 9.05. The van der Waals surface area contributed by atoms with Crippen molar-refractivity contribution in [1.29, 1.82) is 0 Å². The zero-order chi connectivity index (χ0) is 18.0. The van der Waals surface area contributed by atoms with Crippen LogP contribution < -0.4 is 11.1 Å². The predicted molar refractivity (Wildman–Crippen MR) is 103 cm³/mol. The van der Waals surface area contributed by atoms with E-state index in [1.807, 2.05) is 38.1 Å². The van der Waals surface area contributed by atoms with Crippen LogP contribution in [0.15, 0.2) is 47.5 Å². The van der Waals surface area contributed by atoms with Crippen LogP contribution in [0.5, 0.6) is 5.75 Å². The normalized spacial score (nSPS) is 20.0.